The molecule has 0 amide bonds. The summed E-state index contributed by atoms with van der Waals surface area (Å²) in [6.45, 7) is 0. The van der Waals surface area contributed by atoms with E-state index in [1.807, 2.05) is 0 Å². The zero-order chi connectivity index (χ0) is 11.5. The molecule has 1 aromatic carbocycles. The molecule has 88 valence electrons. The van der Waals surface area contributed by atoms with Crippen molar-refractivity contribution in [2.24, 2.45) is 5.92 Å². The van der Waals surface area contributed by atoms with E-state index in [4.69, 9.17) is 11.6 Å². The first kappa shape index (κ1) is 12.4. The van der Waals surface area contributed by atoms with Crippen LogP contribution in [0.1, 0.15) is 31.2 Å². The standard InChI is InChI=1S/C13H15BrClF/c14-12-4-2-1-3-9(12)7-10-8-11(16)5-6-13(10)15/h5-6,8-9,12H,1-4,7H2. The van der Waals surface area contributed by atoms with Crippen molar-refractivity contribution in [1.82, 2.24) is 0 Å². The molecule has 2 rings (SSSR count). The van der Waals surface area contributed by atoms with Gasteiger partial charge in [-0.05, 0) is 48.9 Å². The molecule has 3 heteroatoms. The molecule has 0 saturated heterocycles. The average molecular weight is 306 g/mol. The highest BCUT2D eigenvalue weighted by atomic mass is 79.9. The van der Waals surface area contributed by atoms with Gasteiger partial charge in [0.2, 0.25) is 0 Å². The highest BCUT2D eigenvalue weighted by Gasteiger charge is 2.23. The SMILES string of the molecule is Fc1ccc(Cl)c(CC2CCCCC2Br)c1. The summed E-state index contributed by atoms with van der Waals surface area (Å²) in [5.41, 5.74) is 0.943. The maximum atomic E-state index is 13.1. The molecule has 2 unspecified atom stereocenters. The predicted octanol–water partition coefficient (Wildman–Crippen LogP) is 4.98. The van der Waals surface area contributed by atoms with Gasteiger partial charge in [-0.3, -0.25) is 0 Å². The molecule has 2 atom stereocenters. The van der Waals surface area contributed by atoms with Gasteiger partial charge in [-0.25, -0.2) is 4.39 Å². The second kappa shape index (κ2) is 5.50. The van der Waals surface area contributed by atoms with Crippen molar-refractivity contribution in [3.63, 3.8) is 0 Å². The summed E-state index contributed by atoms with van der Waals surface area (Å²) in [6, 6.07) is 4.63. The Labute approximate surface area is 109 Å². The first-order chi connectivity index (χ1) is 7.66. The summed E-state index contributed by atoms with van der Waals surface area (Å²) >= 11 is 9.80. The summed E-state index contributed by atoms with van der Waals surface area (Å²) in [5.74, 6) is 0.398. The molecule has 0 bridgehead atoms. The summed E-state index contributed by atoms with van der Waals surface area (Å²) in [6.07, 6.45) is 5.88. The van der Waals surface area contributed by atoms with Gasteiger partial charge in [0.25, 0.3) is 0 Å². The van der Waals surface area contributed by atoms with Gasteiger partial charge in [0.1, 0.15) is 5.82 Å². The molecule has 1 saturated carbocycles. The predicted molar refractivity (Wildman–Crippen MR) is 69.8 cm³/mol. The van der Waals surface area contributed by atoms with Crippen LogP contribution in [0.5, 0.6) is 0 Å². The molecule has 1 aromatic rings. The number of alkyl halides is 1. The maximum absolute atomic E-state index is 13.1. The molecule has 1 fully saturated rings. The Morgan fingerprint density at radius 2 is 2.06 bits per heavy atom. The van der Waals surface area contributed by atoms with E-state index >= 15 is 0 Å². The number of hydrogen-bond donors (Lipinski definition) is 0. The van der Waals surface area contributed by atoms with Gasteiger partial charge in [-0.2, -0.15) is 0 Å². The van der Waals surface area contributed by atoms with Gasteiger partial charge in [0, 0.05) is 9.85 Å². The Balaban J connectivity index is 2.10. The molecule has 0 aromatic heterocycles. The Morgan fingerprint density at radius 1 is 1.31 bits per heavy atom. The zero-order valence-electron chi connectivity index (χ0n) is 9.06. The van der Waals surface area contributed by atoms with Crippen molar-refractivity contribution >= 4 is 27.5 Å². The van der Waals surface area contributed by atoms with Gasteiger partial charge >= 0.3 is 0 Å². The number of benzene rings is 1. The molecule has 0 nitrogen and oxygen atoms in total. The molecular formula is C13H15BrClF. The molecule has 0 spiro atoms. The molecule has 1 aliphatic rings. The zero-order valence-corrected chi connectivity index (χ0v) is 11.4. The number of halogens is 3. The van der Waals surface area contributed by atoms with Crippen LogP contribution >= 0.6 is 27.5 Å². The summed E-state index contributed by atoms with van der Waals surface area (Å²) in [5, 5.41) is 0.687. The second-order valence-corrected chi connectivity index (χ2v) is 6.08. The summed E-state index contributed by atoms with van der Waals surface area (Å²) < 4.78 is 13.1. The third-order valence-corrected chi connectivity index (χ3v) is 4.88. The lowest BCUT2D eigenvalue weighted by molar-refractivity contribution is 0.373. The monoisotopic (exact) mass is 304 g/mol. The fourth-order valence-electron chi connectivity index (χ4n) is 2.37. The molecule has 1 aliphatic carbocycles. The van der Waals surface area contributed by atoms with E-state index in [9.17, 15) is 4.39 Å². The molecule has 0 heterocycles. The normalized spacial score (nSPS) is 25.7. The maximum Gasteiger partial charge on any atom is 0.123 e. The van der Waals surface area contributed by atoms with Crippen molar-refractivity contribution in [2.45, 2.75) is 36.9 Å². The molecule has 0 N–H and O–H groups in total. The lowest BCUT2D eigenvalue weighted by Gasteiger charge is -2.27. The quantitative estimate of drug-likeness (QED) is 0.676. The fourth-order valence-corrected chi connectivity index (χ4v) is 3.34. The Bertz CT molecular complexity index is 367. The van der Waals surface area contributed by atoms with Gasteiger partial charge < -0.3 is 0 Å². The van der Waals surface area contributed by atoms with Crippen LogP contribution in [0, 0.1) is 11.7 Å². The first-order valence-corrected chi connectivity index (χ1v) is 7.04. The minimum Gasteiger partial charge on any atom is -0.207 e. The highest BCUT2D eigenvalue weighted by molar-refractivity contribution is 9.09. The number of rotatable bonds is 2. The van der Waals surface area contributed by atoms with Crippen LogP contribution in [0.2, 0.25) is 5.02 Å². The summed E-state index contributed by atoms with van der Waals surface area (Å²) in [4.78, 5) is 0.556. The van der Waals surface area contributed by atoms with Crippen LogP contribution in [-0.2, 0) is 6.42 Å². The third-order valence-electron chi connectivity index (χ3n) is 3.31. The summed E-state index contributed by atoms with van der Waals surface area (Å²) in [7, 11) is 0. The lowest BCUT2D eigenvalue weighted by atomic mass is 9.85. The third kappa shape index (κ3) is 2.98. The molecule has 16 heavy (non-hydrogen) atoms. The lowest BCUT2D eigenvalue weighted by Crippen LogP contribution is -2.21. The smallest absolute Gasteiger partial charge is 0.123 e. The average Bonchev–Trinajstić information content (AvgIpc) is 2.27. The van der Waals surface area contributed by atoms with Crippen LogP contribution < -0.4 is 0 Å². The van der Waals surface area contributed by atoms with Crippen LogP contribution in [-0.4, -0.2) is 4.83 Å². The minimum atomic E-state index is -0.193. The largest absolute Gasteiger partial charge is 0.207 e. The van der Waals surface area contributed by atoms with E-state index in [-0.39, 0.29) is 5.82 Å². The van der Waals surface area contributed by atoms with Gasteiger partial charge in [-0.1, -0.05) is 40.4 Å². The Morgan fingerprint density at radius 3 is 2.81 bits per heavy atom. The van der Waals surface area contributed by atoms with Crippen molar-refractivity contribution in [1.29, 1.82) is 0 Å². The van der Waals surface area contributed by atoms with Gasteiger partial charge in [-0.15, -0.1) is 0 Å². The molecule has 0 radical (unpaired) electrons. The van der Waals surface area contributed by atoms with Crippen LogP contribution in [0.4, 0.5) is 4.39 Å². The van der Waals surface area contributed by atoms with Gasteiger partial charge in [0.05, 0.1) is 0 Å². The van der Waals surface area contributed by atoms with Crippen LogP contribution in [0.25, 0.3) is 0 Å². The van der Waals surface area contributed by atoms with E-state index < -0.39 is 0 Å². The van der Waals surface area contributed by atoms with Gasteiger partial charge in [0.15, 0.2) is 0 Å². The second-order valence-electron chi connectivity index (χ2n) is 4.50. The van der Waals surface area contributed by atoms with Crippen molar-refractivity contribution in [2.75, 3.05) is 0 Å². The molecule has 0 aliphatic heterocycles. The first-order valence-electron chi connectivity index (χ1n) is 5.75. The van der Waals surface area contributed by atoms with E-state index in [1.54, 1.807) is 12.1 Å². The van der Waals surface area contributed by atoms with E-state index in [2.05, 4.69) is 15.9 Å². The van der Waals surface area contributed by atoms with Crippen LogP contribution in [0.3, 0.4) is 0 Å². The topological polar surface area (TPSA) is 0 Å². The van der Waals surface area contributed by atoms with E-state index in [0.717, 1.165) is 12.0 Å². The highest BCUT2D eigenvalue weighted by Crippen LogP contribution is 2.33. The minimum absolute atomic E-state index is 0.193. The Kier molecular flexibility index (Phi) is 4.26. The molecular weight excluding hydrogens is 290 g/mol. The van der Waals surface area contributed by atoms with Crippen molar-refractivity contribution in [3.05, 3.63) is 34.6 Å². The van der Waals surface area contributed by atoms with E-state index in [1.165, 1.54) is 31.7 Å². The fraction of sp³-hybridized carbons (Fsp3) is 0.538. The number of hydrogen-bond acceptors (Lipinski definition) is 0. The van der Waals surface area contributed by atoms with Crippen molar-refractivity contribution < 1.29 is 4.39 Å². The van der Waals surface area contributed by atoms with Crippen LogP contribution in [0.15, 0.2) is 18.2 Å². The van der Waals surface area contributed by atoms with Crippen molar-refractivity contribution in [3.8, 4) is 0 Å². The van der Waals surface area contributed by atoms with E-state index in [0.29, 0.717) is 15.8 Å². The Hall–Kier alpha value is -0.0800.